The Bertz CT molecular complexity index is 1300. The molecule has 0 atom stereocenters. The average molecular weight is 452 g/mol. The molecule has 2 aromatic heterocycles. The van der Waals surface area contributed by atoms with E-state index in [4.69, 9.17) is 4.74 Å². The number of amides is 1. The van der Waals surface area contributed by atoms with E-state index in [0.29, 0.717) is 23.0 Å². The number of pyridine rings is 2. The molecule has 7 heteroatoms. The summed E-state index contributed by atoms with van der Waals surface area (Å²) in [6.45, 7) is 0. The minimum Gasteiger partial charge on any atom is -0.436 e. The average Bonchev–Trinajstić information content (AvgIpc) is 3.71. The monoisotopic (exact) mass is 452 g/mol. The van der Waals surface area contributed by atoms with Gasteiger partial charge in [0.2, 0.25) is 5.91 Å². The van der Waals surface area contributed by atoms with Gasteiger partial charge in [-0.3, -0.25) is 4.79 Å². The van der Waals surface area contributed by atoms with Gasteiger partial charge in [0, 0.05) is 35.4 Å². The maximum absolute atomic E-state index is 14.9. The maximum Gasteiger partial charge on any atom is 0.256 e. The molecule has 0 bridgehead atoms. The highest BCUT2D eigenvalue weighted by atomic mass is 19.1. The van der Waals surface area contributed by atoms with Gasteiger partial charge in [0.25, 0.3) is 5.88 Å². The van der Waals surface area contributed by atoms with E-state index < -0.39 is 5.82 Å². The van der Waals surface area contributed by atoms with Crippen LogP contribution in [-0.4, -0.2) is 21.6 Å². The molecule has 2 heterocycles. The van der Waals surface area contributed by atoms with Crippen molar-refractivity contribution in [2.24, 2.45) is 10.9 Å². The second-order valence-electron chi connectivity index (χ2n) is 7.92. The molecule has 1 saturated carbocycles. The van der Waals surface area contributed by atoms with Crippen molar-refractivity contribution in [1.82, 2.24) is 9.97 Å². The van der Waals surface area contributed by atoms with Gasteiger partial charge >= 0.3 is 0 Å². The minimum atomic E-state index is -0.651. The van der Waals surface area contributed by atoms with Gasteiger partial charge in [-0.05, 0) is 18.9 Å². The number of hydrogen-bond donors (Lipinski definition) is 1. The standard InChI is InChI=1S/C27H21FN4O2/c28-23-15-21(31-25(18-7-3-1-4-8-18)19-9-5-2-6-10-19)17-30-27(23)34-22-13-14-29-24(16-22)32-26(33)20-11-12-20/h1-10,13-17,20H,11-12H2,(H,29,32,33). The Labute approximate surface area is 196 Å². The first-order chi connectivity index (χ1) is 16.7. The van der Waals surface area contributed by atoms with Crippen molar-refractivity contribution in [3.8, 4) is 11.6 Å². The van der Waals surface area contributed by atoms with Gasteiger partial charge in [-0.2, -0.15) is 0 Å². The van der Waals surface area contributed by atoms with Crippen LogP contribution in [0.3, 0.4) is 0 Å². The highest BCUT2D eigenvalue weighted by molar-refractivity contribution is 6.13. The molecule has 1 amide bonds. The van der Waals surface area contributed by atoms with E-state index in [1.807, 2.05) is 60.7 Å². The molecule has 0 aliphatic heterocycles. The molecule has 2 aromatic carbocycles. The number of aliphatic imine (C=N–C) groups is 1. The Morgan fingerprint density at radius 3 is 2.24 bits per heavy atom. The molecule has 0 radical (unpaired) electrons. The highest BCUT2D eigenvalue weighted by Gasteiger charge is 2.29. The van der Waals surface area contributed by atoms with Gasteiger partial charge in [-0.25, -0.2) is 19.4 Å². The van der Waals surface area contributed by atoms with Crippen molar-refractivity contribution >= 4 is 23.1 Å². The summed E-state index contributed by atoms with van der Waals surface area (Å²) in [7, 11) is 0. The molecule has 0 spiro atoms. The van der Waals surface area contributed by atoms with Crippen molar-refractivity contribution in [3.63, 3.8) is 0 Å². The van der Waals surface area contributed by atoms with Crippen LogP contribution in [0.4, 0.5) is 15.9 Å². The largest absolute Gasteiger partial charge is 0.436 e. The SMILES string of the molecule is O=C(Nc1cc(Oc2ncc(N=C(c3ccccc3)c3ccccc3)cc2F)ccn1)C1CC1. The van der Waals surface area contributed by atoms with E-state index in [1.54, 1.807) is 6.07 Å². The fraction of sp³-hybridized carbons (Fsp3) is 0.111. The zero-order valence-electron chi connectivity index (χ0n) is 18.2. The summed E-state index contributed by atoms with van der Waals surface area (Å²) in [6.07, 6.45) is 4.73. The third-order valence-corrected chi connectivity index (χ3v) is 5.27. The van der Waals surface area contributed by atoms with Crippen LogP contribution >= 0.6 is 0 Å². The lowest BCUT2D eigenvalue weighted by atomic mass is 10.0. The van der Waals surface area contributed by atoms with Gasteiger partial charge in [0.05, 0.1) is 17.6 Å². The van der Waals surface area contributed by atoms with Crippen molar-refractivity contribution in [3.05, 3.63) is 108 Å². The quantitative estimate of drug-likeness (QED) is 0.353. The van der Waals surface area contributed by atoms with Crippen LogP contribution in [0.5, 0.6) is 11.6 Å². The van der Waals surface area contributed by atoms with Crippen LogP contribution in [0, 0.1) is 11.7 Å². The van der Waals surface area contributed by atoms with Crippen molar-refractivity contribution in [2.75, 3.05) is 5.32 Å². The second-order valence-corrected chi connectivity index (χ2v) is 7.92. The number of nitrogens with zero attached hydrogens (tertiary/aromatic N) is 3. The molecule has 1 fully saturated rings. The maximum atomic E-state index is 14.9. The number of carbonyl (C=O) groups is 1. The molecule has 1 aliphatic carbocycles. The first-order valence-electron chi connectivity index (χ1n) is 11.0. The number of nitrogens with one attached hydrogen (secondary N) is 1. The lowest BCUT2D eigenvalue weighted by Crippen LogP contribution is -2.14. The summed E-state index contributed by atoms with van der Waals surface area (Å²) in [5.74, 6) is -0.184. The van der Waals surface area contributed by atoms with E-state index >= 15 is 0 Å². The molecule has 1 N–H and O–H groups in total. The Kier molecular flexibility index (Phi) is 6.07. The lowest BCUT2D eigenvalue weighted by molar-refractivity contribution is -0.117. The van der Waals surface area contributed by atoms with Gasteiger partial charge in [0.1, 0.15) is 11.6 Å². The molecular formula is C27H21FN4O2. The van der Waals surface area contributed by atoms with Crippen LogP contribution in [0.15, 0.2) is 96.2 Å². The summed E-state index contributed by atoms with van der Waals surface area (Å²) >= 11 is 0. The summed E-state index contributed by atoms with van der Waals surface area (Å²) in [5.41, 5.74) is 2.89. The zero-order valence-corrected chi connectivity index (χ0v) is 18.2. The molecule has 4 aromatic rings. The van der Waals surface area contributed by atoms with E-state index in [2.05, 4.69) is 20.3 Å². The zero-order chi connectivity index (χ0) is 23.3. The first kappa shape index (κ1) is 21.5. The van der Waals surface area contributed by atoms with Crippen molar-refractivity contribution in [2.45, 2.75) is 12.8 Å². The second kappa shape index (κ2) is 9.62. The van der Waals surface area contributed by atoms with Gasteiger partial charge in [0.15, 0.2) is 5.82 Å². The highest BCUT2D eigenvalue weighted by Crippen LogP contribution is 2.31. The summed E-state index contributed by atoms with van der Waals surface area (Å²) in [5, 5.41) is 2.74. The first-order valence-corrected chi connectivity index (χ1v) is 11.0. The number of benzene rings is 2. The summed E-state index contributed by atoms with van der Waals surface area (Å²) in [4.78, 5) is 24.9. The third-order valence-electron chi connectivity index (χ3n) is 5.27. The number of anilines is 1. The number of rotatable bonds is 7. The number of hydrogen-bond acceptors (Lipinski definition) is 5. The fourth-order valence-corrected chi connectivity index (χ4v) is 3.40. The van der Waals surface area contributed by atoms with Crippen molar-refractivity contribution < 1.29 is 13.9 Å². The topological polar surface area (TPSA) is 76.5 Å². The van der Waals surface area contributed by atoms with Crippen LogP contribution in [-0.2, 0) is 4.79 Å². The normalized spacial score (nSPS) is 12.6. The number of ether oxygens (including phenoxy) is 1. The Morgan fingerprint density at radius 1 is 0.941 bits per heavy atom. The smallest absolute Gasteiger partial charge is 0.256 e. The lowest BCUT2D eigenvalue weighted by Gasteiger charge is -2.10. The molecular weight excluding hydrogens is 431 g/mol. The van der Waals surface area contributed by atoms with Crippen molar-refractivity contribution in [1.29, 1.82) is 0 Å². The van der Waals surface area contributed by atoms with Gasteiger partial charge < -0.3 is 10.1 Å². The molecule has 0 saturated heterocycles. The number of aromatic nitrogens is 2. The Hall–Kier alpha value is -4.39. The minimum absolute atomic E-state index is 0.0512. The summed E-state index contributed by atoms with van der Waals surface area (Å²) < 4.78 is 20.5. The molecule has 6 nitrogen and oxygen atoms in total. The van der Waals surface area contributed by atoms with Crippen LogP contribution in [0.1, 0.15) is 24.0 Å². The Morgan fingerprint density at radius 2 is 1.62 bits per heavy atom. The predicted octanol–water partition coefficient (Wildman–Crippen LogP) is 5.93. The van der Waals surface area contributed by atoms with Gasteiger partial charge in [-0.1, -0.05) is 60.7 Å². The van der Waals surface area contributed by atoms with E-state index in [9.17, 15) is 9.18 Å². The Balaban J connectivity index is 1.39. The van der Waals surface area contributed by atoms with E-state index in [0.717, 1.165) is 24.0 Å². The van der Waals surface area contributed by atoms with Crippen LogP contribution in [0.2, 0.25) is 0 Å². The molecule has 0 unspecified atom stereocenters. The van der Waals surface area contributed by atoms with E-state index in [-0.39, 0.29) is 17.7 Å². The van der Waals surface area contributed by atoms with Crippen LogP contribution < -0.4 is 10.1 Å². The third kappa shape index (κ3) is 5.15. The molecule has 168 valence electrons. The number of carbonyl (C=O) groups excluding carboxylic acids is 1. The molecule has 34 heavy (non-hydrogen) atoms. The number of halogens is 1. The predicted molar refractivity (Wildman–Crippen MR) is 128 cm³/mol. The fourth-order valence-electron chi connectivity index (χ4n) is 3.40. The van der Waals surface area contributed by atoms with Gasteiger partial charge in [-0.15, -0.1) is 0 Å². The molecule has 5 rings (SSSR count). The summed E-state index contributed by atoms with van der Waals surface area (Å²) in [6, 6.07) is 23.8. The van der Waals surface area contributed by atoms with Crippen LogP contribution in [0.25, 0.3) is 0 Å². The van der Waals surface area contributed by atoms with E-state index in [1.165, 1.54) is 24.5 Å². The molecule has 1 aliphatic rings.